The van der Waals surface area contributed by atoms with Gasteiger partial charge >= 0.3 is 12.1 Å². The van der Waals surface area contributed by atoms with Gasteiger partial charge in [-0.15, -0.1) is 0 Å². The van der Waals surface area contributed by atoms with Crippen molar-refractivity contribution in [2.24, 2.45) is 0 Å². The molecule has 0 aliphatic heterocycles. The number of halogens is 4. The Kier molecular flexibility index (Phi) is 6.81. The standard InChI is InChI=1S/C33H24ClF3N2O3/c34-27-6-1-3-20(15-27)19-39-14-11-23-16-24(22-4-2-5-26(17-22)33(35,36)37)18-28(29(23)39)30(40)38-32(12-13-32)25-9-7-21(8-10-25)31(41)42/h1-11,14-18H,12-13,19H2,(H,38,40)(H,41,42). The van der Waals surface area contributed by atoms with Crippen LogP contribution in [0.2, 0.25) is 5.02 Å². The van der Waals surface area contributed by atoms with Crippen LogP contribution in [-0.2, 0) is 18.3 Å². The number of hydrogen-bond acceptors (Lipinski definition) is 2. The second-order valence-electron chi connectivity index (χ2n) is 10.5. The first-order valence-corrected chi connectivity index (χ1v) is 13.6. The Morgan fingerprint density at radius 3 is 2.31 bits per heavy atom. The van der Waals surface area contributed by atoms with Crippen LogP contribution in [0.5, 0.6) is 0 Å². The Hall–Kier alpha value is -4.56. The number of amides is 1. The molecular weight excluding hydrogens is 565 g/mol. The van der Waals surface area contributed by atoms with Crippen LogP contribution in [-0.4, -0.2) is 21.6 Å². The van der Waals surface area contributed by atoms with Gasteiger partial charge in [0.2, 0.25) is 0 Å². The number of carbonyl (C=O) groups excluding carboxylic acids is 1. The molecule has 42 heavy (non-hydrogen) atoms. The lowest BCUT2D eigenvalue weighted by Gasteiger charge is -2.20. The van der Waals surface area contributed by atoms with E-state index in [0.29, 0.717) is 52.0 Å². The van der Waals surface area contributed by atoms with Gasteiger partial charge in [-0.3, -0.25) is 4.79 Å². The van der Waals surface area contributed by atoms with Crippen molar-refractivity contribution < 1.29 is 27.9 Å². The highest BCUT2D eigenvalue weighted by atomic mass is 35.5. The molecule has 1 fully saturated rings. The summed E-state index contributed by atoms with van der Waals surface area (Å²) in [5, 5.41) is 13.7. The number of carboxylic acid groups (broad SMARTS) is 1. The minimum Gasteiger partial charge on any atom is -0.478 e. The largest absolute Gasteiger partial charge is 0.478 e. The Labute approximate surface area is 244 Å². The fraction of sp³-hybridized carbons (Fsp3) is 0.152. The van der Waals surface area contributed by atoms with E-state index >= 15 is 0 Å². The van der Waals surface area contributed by atoms with Crippen molar-refractivity contribution in [2.45, 2.75) is 31.1 Å². The van der Waals surface area contributed by atoms with Crippen LogP contribution in [0.1, 0.15) is 50.2 Å². The minimum absolute atomic E-state index is 0.148. The molecular formula is C33H24ClF3N2O3. The van der Waals surface area contributed by atoms with Crippen molar-refractivity contribution in [1.82, 2.24) is 9.88 Å². The Morgan fingerprint density at radius 2 is 1.64 bits per heavy atom. The first kappa shape index (κ1) is 27.6. The molecule has 6 rings (SSSR count). The van der Waals surface area contributed by atoms with Crippen molar-refractivity contribution in [3.05, 3.63) is 130 Å². The predicted molar refractivity (Wildman–Crippen MR) is 155 cm³/mol. The number of benzene rings is 4. The average molecular weight is 589 g/mol. The van der Waals surface area contributed by atoms with E-state index in [-0.39, 0.29) is 11.5 Å². The van der Waals surface area contributed by atoms with Crippen molar-refractivity contribution in [2.75, 3.05) is 0 Å². The van der Waals surface area contributed by atoms with Gasteiger partial charge in [-0.1, -0.05) is 48.0 Å². The molecule has 2 N–H and O–H groups in total. The van der Waals surface area contributed by atoms with E-state index in [0.717, 1.165) is 23.3 Å². The smallest absolute Gasteiger partial charge is 0.416 e. The van der Waals surface area contributed by atoms with Gasteiger partial charge in [-0.05, 0) is 89.7 Å². The van der Waals surface area contributed by atoms with Crippen LogP contribution < -0.4 is 5.32 Å². The number of fused-ring (bicyclic) bond motifs is 1. The maximum atomic E-state index is 14.0. The second-order valence-corrected chi connectivity index (χ2v) is 11.0. The number of aromatic nitrogens is 1. The maximum absolute atomic E-state index is 14.0. The molecule has 0 unspecified atom stereocenters. The van der Waals surface area contributed by atoms with Crippen LogP contribution in [0.25, 0.3) is 22.0 Å². The highest BCUT2D eigenvalue weighted by Gasteiger charge is 2.46. The fourth-order valence-corrected chi connectivity index (χ4v) is 5.57. The molecule has 1 amide bonds. The normalized spacial score (nSPS) is 14.1. The van der Waals surface area contributed by atoms with Crippen LogP contribution >= 0.6 is 11.6 Å². The number of aromatic carboxylic acids is 1. The van der Waals surface area contributed by atoms with Crippen LogP contribution in [0.3, 0.4) is 0 Å². The molecule has 4 aromatic carbocycles. The van der Waals surface area contributed by atoms with Crippen LogP contribution in [0.15, 0.2) is 97.2 Å². The lowest BCUT2D eigenvalue weighted by molar-refractivity contribution is -0.137. The Morgan fingerprint density at radius 1 is 0.905 bits per heavy atom. The number of nitrogens with one attached hydrogen (secondary N) is 1. The van der Waals surface area contributed by atoms with Gasteiger partial charge in [0.1, 0.15) is 0 Å². The molecule has 0 bridgehead atoms. The summed E-state index contributed by atoms with van der Waals surface area (Å²) in [4.78, 5) is 25.3. The highest BCUT2D eigenvalue weighted by Crippen LogP contribution is 2.46. The summed E-state index contributed by atoms with van der Waals surface area (Å²) >= 11 is 6.20. The molecule has 1 heterocycles. The quantitative estimate of drug-likeness (QED) is 0.202. The van der Waals surface area contributed by atoms with Gasteiger partial charge in [0.25, 0.3) is 5.91 Å². The highest BCUT2D eigenvalue weighted by molar-refractivity contribution is 6.30. The molecule has 1 aliphatic rings. The molecule has 5 aromatic rings. The van der Waals surface area contributed by atoms with Gasteiger partial charge < -0.3 is 15.0 Å². The number of carboxylic acids is 1. The maximum Gasteiger partial charge on any atom is 0.416 e. The Balaban J connectivity index is 1.43. The van der Waals surface area contributed by atoms with Gasteiger partial charge in [0, 0.05) is 23.2 Å². The van der Waals surface area contributed by atoms with Crippen molar-refractivity contribution >= 4 is 34.4 Å². The topological polar surface area (TPSA) is 71.3 Å². The summed E-state index contributed by atoms with van der Waals surface area (Å²) in [6.07, 6.45) is -1.32. The van der Waals surface area contributed by atoms with Gasteiger partial charge in [-0.2, -0.15) is 13.2 Å². The SMILES string of the molecule is O=C(O)c1ccc(C2(NC(=O)c3cc(-c4cccc(C(F)(F)F)c4)cc4ccn(Cc5cccc(Cl)c5)c34)CC2)cc1. The second kappa shape index (κ2) is 10.4. The molecule has 0 atom stereocenters. The zero-order chi connectivity index (χ0) is 29.6. The van der Waals surface area contributed by atoms with Gasteiger partial charge in [-0.25, -0.2) is 4.79 Å². The van der Waals surface area contributed by atoms with Crippen molar-refractivity contribution in [1.29, 1.82) is 0 Å². The molecule has 0 radical (unpaired) electrons. The zero-order valence-electron chi connectivity index (χ0n) is 22.1. The molecule has 9 heteroatoms. The average Bonchev–Trinajstić information content (AvgIpc) is 3.64. The van der Waals surface area contributed by atoms with E-state index in [1.165, 1.54) is 18.2 Å². The fourth-order valence-electron chi connectivity index (χ4n) is 5.36. The molecule has 1 saturated carbocycles. The number of hydrogen-bond donors (Lipinski definition) is 2. The van der Waals surface area contributed by atoms with E-state index in [2.05, 4.69) is 5.32 Å². The molecule has 1 aromatic heterocycles. The van der Waals surface area contributed by atoms with E-state index in [1.807, 2.05) is 35.0 Å². The van der Waals surface area contributed by atoms with Crippen molar-refractivity contribution in [3.63, 3.8) is 0 Å². The summed E-state index contributed by atoms with van der Waals surface area (Å²) in [6.45, 7) is 0.426. The summed E-state index contributed by atoms with van der Waals surface area (Å²) < 4.78 is 42.4. The monoisotopic (exact) mass is 588 g/mol. The number of rotatable bonds is 7. The summed E-state index contributed by atoms with van der Waals surface area (Å²) in [5.41, 5.74) is 2.22. The third kappa shape index (κ3) is 5.37. The molecule has 0 spiro atoms. The Bertz CT molecular complexity index is 1840. The van der Waals surface area contributed by atoms with Gasteiger partial charge in [0.05, 0.1) is 27.7 Å². The summed E-state index contributed by atoms with van der Waals surface area (Å²) in [6, 6.07) is 24.1. The van der Waals surface area contributed by atoms with E-state index in [4.69, 9.17) is 11.6 Å². The number of carbonyl (C=O) groups is 2. The first-order valence-electron chi connectivity index (χ1n) is 13.2. The zero-order valence-corrected chi connectivity index (χ0v) is 22.8. The van der Waals surface area contributed by atoms with E-state index < -0.39 is 23.2 Å². The molecule has 0 saturated heterocycles. The third-order valence-electron chi connectivity index (χ3n) is 7.66. The van der Waals surface area contributed by atoms with Crippen molar-refractivity contribution in [3.8, 4) is 11.1 Å². The van der Waals surface area contributed by atoms with E-state index in [9.17, 15) is 27.9 Å². The minimum atomic E-state index is -4.50. The predicted octanol–water partition coefficient (Wildman–Crippen LogP) is 8.15. The number of nitrogens with zero attached hydrogens (tertiary/aromatic N) is 1. The molecule has 212 valence electrons. The number of alkyl halides is 3. The summed E-state index contributed by atoms with van der Waals surface area (Å²) in [7, 11) is 0. The van der Waals surface area contributed by atoms with Gasteiger partial charge in [0.15, 0.2) is 0 Å². The lowest BCUT2D eigenvalue weighted by atomic mass is 9.97. The molecule has 1 aliphatic carbocycles. The van der Waals surface area contributed by atoms with Crippen LogP contribution in [0.4, 0.5) is 13.2 Å². The third-order valence-corrected chi connectivity index (χ3v) is 7.89. The van der Waals surface area contributed by atoms with E-state index in [1.54, 1.807) is 36.4 Å². The van der Waals surface area contributed by atoms with Crippen LogP contribution in [0, 0.1) is 0 Å². The molecule has 5 nitrogen and oxygen atoms in total. The lowest BCUT2D eigenvalue weighted by Crippen LogP contribution is -2.35. The summed E-state index contributed by atoms with van der Waals surface area (Å²) in [5.74, 6) is -1.41. The first-order chi connectivity index (χ1) is 20.0.